The number of ether oxygens (including phenoxy) is 4. The molecule has 0 bridgehead atoms. The van der Waals surface area contributed by atoms with Crippen LogP contribution in [0.3, 0.4) is 0 Å². The van der Waals surface area contributed by atoms with E-state index in [0.29, 0.717) is 36.1 Å². The van der Waals surface area contributed by atoms with Crippen LogP contribution in [0.15, 0.2) is 36.4 Å². The third-order valence-electron chi connectivity index (χ3n) is 6.40. The number of fused-ring (bicyclic) bond motifs is 2. The van der Waals surface area contributed by atoms with E-state index in [1.54, 1.807) is 40.0 Å². The summed E-state index contributed by atoms with van der Waals surface area (Å²) in [4.78, 5) is 14.8. The van der Waals surface area contributed by atoms with Crippen molar-refractivity contribution < 1.29 is 28.8 Å². The molecule has 0 saturated carbocycles. The van der Waals surface area contributed by atoms with E-state index >= 15 is 0 Å². The average molecular weight is 485 g/mol. The van der Waals surface area contributed by atoms with Crippen molar-refractivity contribution in [2.45, 2.75) is 65.3 Å². The molecule has 0 saturated heterocycles. The number of allylic oxidation sites excluding steroid dienone is 2. The predicted octanol–water partition coefficient (Wildman–Crippen LogP) is 3.74. The van der Waals surface area contributed by atoms with Gasteiger partial charge in [0.25, 0.3) is 0 Å². The highest BCUT2D eigenvalue weighted by molar-refractivity contribution is 5.95. The van der Waals surface area contributed by atoms with E-state index in [1.165, 1.54) is 0 Å². The summed E-state index contributed by atoms with van der Waals surface area (Å²) >= 11 is 0. The van der Waals surface area contributed by atoms with Crippen LogP contribution in [0, 0.1) is 5.92 Å². The average Bonchev–Trinajstić information content (AvgIpc) is 3.41. The molecule has 2 unspecified atom stereocenters. The Morgan fingerprint density at radius 2 is 2.14 bits per heavy atom. The van der Waals surface area contributed by atoms with Crippen LogP contribution >= 0.6 is 0 Å². The first-order valence-corrected chi connectivity index (χ1v) is 12.2. The number of carbonyl (C=O) groups excluding carboxylic acids is 1. The van der Waals surface area contributed by atoms with Gasteiger partial charge in [-0.25, -0.2) is 4.79 Å². The molecule has 0 amide bonds. The van der Waals surface area contributed by atoms with E-state index in [1.807, 2.05) is 12.4 Å². The van der Waals surface area contributed by atoms with Gasteiger partial charge >= 0.3 is 5.97 Å². The number of carbonyl (C=O) groups is 1. The molecule has 8 nitrogen and oxygen atoms in total. The molecule has 3 heterocycles. The lowest BCUT2D eigenvalue weighted by atomic mass is 9.92. The fraction of sp³-hybridized carbons (Fsp3) is 0.519. The lowest BCUT2D eigenvalue weighted by Crippen LogP contribution is -2.39. The van der Waals surface area contributed by atoms with Crippen molar-refractivity contribution in [1.82, 2.24) is 10.2 Å². The summed E-state index contributed by atoms with van der Waals surface area (Å²) < 4.78 is 23.1. The standard InChI is InChI=1S/C27H36N2O6/c1-7-33-26(30)21-13-17(8-10-29-11-9-28-23(29)12-16(2)3)24-20(34-21)15-19-18(25(24)32-6)14-22(35-19)27(4,5)31/h8-9,11,13,15-16,22-23,28,31H,7,10,12,14H2,1-6H3. The van der Waals surface area contributed by atoms with Crippen LogP contribution in [0.1, 0.15) is 52.2 Å². The van der Waals surface area contributed by atoms with Crippen LogP contribution in [0.2, 0.25) is 0 Å². The molecule has 0 aromatic heterocycles. The van der Waals surface area contributed by atoms with Gasteiger partial charge in [0.2, 0.25) is 5.76 Å². The molecule has 0 aliphatic carbocycles. The Kier molecular flexibility index (Phi) is 7.03. The van der Waals surface area contributed by atoms with Gasteiger partial charge in [-0.3, -0.25) is 0 Å². The minimum Gasteiger partial charge on any atom is -0.496 e. The molecule has 1 aromatic carbocycles. The lowest BCUT2D eigenvalue weighted by Gasteiger charge is -2.27. The minimum absolute atomic E-state index is 0.110. The molecule has 0 fully saturated rings. The number of methoxy groups -OCH3 is 1. The van der Waals surface area contributed by atoms with Crippen LogP contribution in [0.25, 0.3) is 5.57 Å². The number of aliphatic hydroxyl groups is 1. The third kappa shape index (κ3) is 5.12. The van der Waals surface area contributed by atoms with Crippen molar-refractivity contribution in [3.63, 3.8) is 0 Å². The number of esters is 1. The molecule has 3 aliphatic heterocycles. The Balaban J connectivity index is 1.74. The first-order valence-electron chi connectivity index (χ1n) is 12.2. The molecule has 1 aromatic rings. The first kappa shape index (κ1) is 25.0. The van der Waals surface area contributed by atoms with Crippen LogP contribution < -0.4 is 19.5 Å². The molecule has 0 spiro atoms. The monoisotopic (exact) mass is 484 g/mol. The second-order valence-corrected chi connectivity index (χ2v) is 10.0. The van der Waals surface area contributed by atoms with Gasteiger partial charge in [0, 0.05) is 37.0 Å². The van der Waals surface area contributed by atoms with E-state index < -0.39 is 17.7 Å². The number of rotatable bonds is 8. The van der Waals surface area contributed by atoms with Gasteiger partial charge in [-0.05, 0) is 44.8 Å². The van der Waals surface area contributed by atoms with Crippen LogP contribution in [-0.2, 0) is 16.0 Å². The van der Waals surface area contributed by atoms with Crippen LogP contribution in [0.5, 0.6) is 17.2 Å². The number of benzene rings is 1. The Labute approximate surface area is 207 Å². The van der Waals surface area contributed by atoms with E-state index in [4.69, 9.17) is 18.9 Å². The summed E-state index contributed by atoms with van der Waals surface area (Å²) in [5.41, 5.74) is 1.42. The summed E-state index contributed by atoms with van der Waals surface area (Å²) in [6, 6.07) is 1.78. The van der Waals surface area contributed by atoms with Crippen molar-refractivity contribution in [3.8, 4) is 17.2 Å². The fourth-order valence-electron chi connectivity index (χ4n) is 4.62. The Bertz CT molecular complexity index is 1070. The number of hydrogen-bond acceptors (Lipinski definition) is 8. The highest BCUT2D eigenvalue weighted by Crippen LogP contribution is 2.50. The highest BCUT2D eigenvalue weighted by atomic mass is 16.6. The van der Waals surface area contributed by atoms with Gasteiger partial charge in [0.1, 0.15) is 23.4 Å². The predicted molar refractivity (Wildman–Crippen MR) is 133 cm³/mol. The van der Waals surface area contributed by atoms with E-state index in [9.17, 15) is 9.90 Å². The smallest absolute Gasteiger partial charge is 0.374 e. The lowest BCUT2D eigenvalue weighted by molar-refractivity contribution is -0.141. The van der Waals surface area contributed by atoms with E-state index in [2.05, 4.69) is 30.1 Å². The quantitative estimate of drug-likeness (QED) is 0.540. The maximum Gasteiger partial charge on any atom is 0.374 e. The van der Waals surface area contributed by atoms with Crippen LogP contribution in [-0.4, -0.2) is 54.1 Å². The number of hydrogen-bond donors (Lipinski definition) is 2. The van der Waals surface area contributed by atoms with Crippen molar-refractivity contribution in [2.24, 2.45) is 5.92 Å². The topological polar surface area (TPSA) is 89.5 Å². The molecule has 0 radical (unpaired) electrons. The summed E-state index contributed by atoms with van der Waals surface area (Å²) in [5.74, 6) is 1.80. The van der Waals surface area contributed by atoms with Crippen molar-refractivity contribution in [2.75, 3.05) is 20.3 Å². The fourth-order valence-corrected chi connectivity index (χ4v) is 4.62. The summed E-state index contributed by atoms with van der Waals surface area (Å²) in [6.07, 6.45) is 9.10. The van der Waals surface area contributed by atoms with Crippen molar-refractivity contribution in [3.05, 3.63) is 47.5 Å². The zero-order valence-corrected chi connectivity index (χ0v) is 21.4. The molecule has 8 heteroatoms. The van der Waals surface area contributed by atoms with Gasteiger partial charge in [-0.1, -0.05) is 19.9 Å². The number of nitrogens with zero attached hydrogens (tertiary/aromatic N) is 1. The zero-order valence-electron chi connectivity index (χ0n) is 21.4. The number of nitrogens with one attached hydrogen (secondary N) is 1. The molecule has 4 rings (SSSR count). The van der Waals surface area contributed by atoms with Gasteiger partial charge in [-0.15, -0.1) is 0 Å². The van der Waals surface area contributed by atoms with Gasteiger partial charge in [-0.2, -0.15) is 0 Å². The van der Waals surface area contributed by atoms with Gasteiger partial charge < -0.3 is 34.3 Å². The second kappa shape index (κ2) is 9.85. The van der Waals surface area contributed by atoms with E-state index in [0.717, 1.165) is 23.1 Å². The van der Waals surface area contributed by atoms with Gasteiger partial charge in [0.15, 0.2) is 0 Å². The SMILES string of the molecule is CCOC(=O)C1=CC(=CCN2C=CNC2CC(C)C)c2c(cc3c(c2OC)CC(C(C)(C)O)O3)O1. The van der Waals surface area contributed by atoms with Crippen LogP contribution in [0.4, 0.5) is 0 Å². The Morgan fingerprint density at radius 3 is 2.80 bits per heavy atom. The van der Waals surface area contributed by atoms with E-state index in [-0.39, 0.29) is 18.5 Å². The maximum atomic E-state index is 12.6. The summed E-state index contributed by atoms with van der Waals surface area (Å²) in [5, 5.41) is 13.9. The largest absolute Gasteiger partial charge is 0.496 e. The third-order valence-corrected chi connectivity index (χ3v) is 6.40. The van der Waals surface area contributed by atoms with Crippen molar-refractivity contribution in [1.29, 1.82) is 0 Å². The molecule has 190 valence electrons. The molecule has 35 heavy (non-hydrogen) atoms. The van der Waals surface area contributed by atoms with Crippen molar-refractivity contribution >= 4 is 11.5 Å². The molecular formula is C27H36N2O6. The normalized spacial score (nSPS) is 21.8. The Hall–Kier alpha value is -3.13. The van der Waals surface area contributed by atoms with Gasteiger partial charge in [0.05, 0.1) is 31.0 Å². The molecule has 2 N–H and O–H groups in total. The molecule has 2 atom stereocenters. The second-order valence-electron chi connectivity index (χ2n) is 10.0. The highest BCUT2D eigenvalue weighted by Gasteiger charge is 2.39. The first-order chi connectivity index (χ1) is 16.6. The molecule has 3 aliphatic rings. The summed E-state index contributed by atoms with van der Waals surface area (Å²) in [7, 11) is 1.61. The Morgan fingerprint density at radius 1 is 1.37 bits per heavy atom. The molecular weight excluding hydrogens is 448 g/mol. The summed E-state index contributed by atoms with van der Waals surface area (Å²) in [6.45, 7) is 10.5. The zero-order chi connectivity index (χ0) is 25.3. The maximum absolute atomic E-state index is 12.6. The minimum atomic E-state index is -1.03.